The van der Waals surface area contributed by atoms with Gasteiger partial charge < -0.3 is 0 Å². The molecule has 0 aliphatic heterocycles. The fraction of sp³-hybridized carbons (Fsp3) is 0.952. The van der Waals surface area contributed by atoms with Gasteiger partial charge in [-0.15, -0.1) is 0 Å². The first kappa shape index (κ1) is 46.7. The second-order valence-electron chi connectivity index (χ2n) is 17.3. The van der Waals surface area contributed by atoms with Crippen LogP contribution in [0.15, 0.2) is 0 Å². The van der Waals surface area contributed by atoms with Crippen LogP contribution in [-0.2, 0) is 15.7 Å². The van der Waals surface area contributed by atoms with Crippen LogP contribution in [0.25, 0.3) is 0 Å². The Kier molecular flexibility index (Phi) is 29.3. The van der Waals surface area contributed by atoms with E-state index in [1.807, 2.05) is 0 Å². The van der Waals surface area contributed by atoms with E-state index in [2.05, 4.69) is 55.4 Å². The van der Waals surface area contributed by atoms with Crippen molar-refractivity contribution in [2.24, 2.45) is 10.8 Å². The molecule has 0 amide bonds. The van der Waals surface area contributed by atoms with Crippen molar-refractivity contribution in [3.8, 4) is 0 Å². The van der Waals surface area contributed by atoms with Gasteiger partial charge in [-0.1, -0.05) is 0 Å². The van der Waals surface area contributed by atoms with E-state index in [1.54, 1.807) is 0 Å². The Morgan fingerprint density at radius 2 is 0.681 bits per heavy atom. The molecule has 5 heteroatoms. The van der Waals surface area contributed by atoms with Crippen LogP contribution in [0, 0.1) is 10.8 Å². The minimum atomic E-state index is -3.92. The van der Waals surface area contributed by atoms with E-state index in [9.17, 15) is 9.59 Å². The van der Waals surface area contributed by atoms with Crippen molar-refractivity contribution in [2.45, 2.75) is 244 Å². The van der Waals surface area contributed by atoms with E-state index in [4.69, 9.17) is 6.15 Å². The van der Waals surface area contributed by atoms with Gasteiger partial charge in [0.2, 0.25) is 0 Å². The van der Waals surface area contributed by atoms with E-state index in [0.29, 0.717) is 23.7 Å². The summed E-state index contributed by atoms with van der Waals surface area (Å²) in [5.74, 6) is -0.179. The number of unbranched alkanes of at least 4 members (excludes halogenated alkanes) is 20. The first-order chi connectivity index (χ1) is 22.3. The van der Waals surface area contributed by atoms with Gasteiger partial charge in [0.05, 0.1) is 0 Å². The Morgan fingerprint density at radius 1 is 0.404 bits per heavy atom. The quantitative estimate of drug-likeness (QED) is 0.0505. The average Bonchev–Trinajstić information content (AvgIpc) is 2.98. The van der Waals surface area contributed by atoms with Crippen molar-refractivity contribution >= 4 is 31.1 Å². The Morgan fingerprint density at radius 3 is 1.00 bits per heavy atom. The third-order valence-corrected chi connectivity index (χ3v) is 19.3. The molecular weight excluding hydrogens is 687 g/mol. The normalized spacial score (nSPS) is 12.4. The summed E-state index contributed by atoms with van der Waals surface area (Å²) < 4.78 is 14.6. The summed E-state index contributed by atoms with van der Waals surface area (Å²) in [7, 11) is 0. The first-order valence-corrected chi connectivity index (χ1v) is 27.1. The summed E-state index contributed by atoms with van der Waals surface area (Å²) >= 11 is -3.92. The molecule has 4 nitrogen and oxygen atoms in total. The van der Waals surface area contributed by atoms with Gasteiger partial charge in [-0.3, -0.25) is 0 Å². The summed E-state index contributed by atoms with van der Waals surface area (Å²) in [5.41, 5.74) is 0.838. The molecule has 0 atom stereocenters. The molecule has 0 N–H and O–H groups in total. The van der Waals surface area contributed by atoms with Crippen molar-refractivity contribution in [2.75, 3.05) is 0 Å². The van der Waals surface area contributed by atoms with Crippen molar-refractivity contribution in [1.29, 1.82) is 0 Å². The topological polar surface area (TPSA) is 52.6 Å². The second kappa shape index (κ2) is 29.5. The molecule has 0 aromatic carbocycles. The van der Waals surface area contributed by atoms with E-state index >= 15 is 0 Å². The zero-order chi connectivity index (χ0) is 35.3. The zero-order valence-electron chi connectivity index (χ0n) is 33.3. The van der Waals surface area contributed by atoms with Crippen LogP contribution >= 0.6 is 0 Å². The third-order valence-electron chi connectivity index (χ3n) is 9.54. The third kappa shape index (κ3) is 32.7. The van der Waals surface area contributed by atoms with Crippen LogP contribution in [0.4, 0.5) is 0 Å². The molecule has 0 aliphatic carbocycles. The molecule has 0 radical (unpaired) electrons. The van der Waals surface area contributed by atoms with Crippen LogP contribution in [0.3, 0.4) is 0 Å². The number of hydrogen-bond acceptors (Lipinski definition) is 4. The molecule has 0 fully saturated rings. The number of carbonyl (C=O) groups is 2. The summed E-state index contributed by atoms with van der Waals surface area (Å²) in [5, 5.41) is 0. The van der Waals surface area contributed by atoms with Gasteiger partial charge in [0.1, 0.15) is 0 Å². The summed E-state index contributed by atoms with van der Waals surface area (Å²) in [6, 6.07) is 0. The number of rotatable bonds is 32. The van der Waals surface area contributed by atoms with Crippen LogP contribution in [0.2, 0.25) is 8.87 Å². The van der Waals surface area contributed by atoms with Gasteiger partial charge in [-0.25, -0.2) is 0 Å². The first-order valence-electron chi connectivity index (χ1n) is 20.8. The molecule has 47 heavy (non-hydrogen) atoms. The maximum atomic E-state index is 13.3. The Hall–Kier alpha value is -0.261. The molecule has 280 valence electrons. The maximum absolute atomic E-state index is 13.3. The van der Waals surface area contributed by atoms with Crippen LogP contribution < -0.4 is 0 Å². The molecule has 0 heterocycles. The monoisotopic (exact) mass is 773 g/mol. The predicted molar refractivity (Wildman–Crippen MR) is 207 cm³/mol. The van der Waals surface area contributed by atoms with Crippen molar-refractivity contribution in [3.05, 3.63) is 0 Å². The number of hydrogen-bond donors (Lipinski definition) is 0. The van der Waals surface area contributed by atoms with Crippen LogP contribution in [0.5, 0.6) is 0 Å². The van der Waals surface area contributed by atoms with Crippen LogP contribution in [-0.4, -0.2) is 31.1 Å². The second-order valence-corrected chi connectivity index (χ2v) is 26.5. The van der Waals surface area contributed by atoms with Crippen molar-refractivity contribution < 1.29 is 15.7 Å². The number of carbonyl (C=O) groups excluding carboxylic acids is 2. The Balaban J connectivity index is 5.10. The van der Waals surface area contributed by atoms with E-state index in [1.165, 1.54) is 116 Å². The molecule has 0 saturated carbocycles. The van der Waals surface area contributed by atoms with Gasteiger partial charge in [0, 0.05) is 0 Å². The van der Waals surface area contributed by atoms with Gasteiger partial charge in [0.25, 0.3) is 0 Å². The van der Waals surface area contributed by atoms with Gasteiger partial charge in [0.15, 0.2) is 0 Å². The van der Waals surface area contributed by atoms with Gasteiger partial charge in [-0.2, -0.15) is 0 Å². The molecule has 0 spiro atoms. The van der Waals surface area contributed by atoms with Crippen LogP contribution in [0.1, 0.15) is 235 Å². The minimum absolute atomic E-state index is 0.0893. The Bertz CT molecular complexity index is 674. The van der Waals surface area contributed by atoms with Gasteiger partial charge in [-0.05, 0) is 0 Å². The molecular formula is C42H84O4Sn. The standard InChI is InChI=1S/2C13H26O2.2C8H17.Sn/c2*1-13(2,3)11-9-7-5-4-6-8-10-12(14)15;2*1-3-5-7-8-6-4-2;/h2*4-11H2,1-3H3,(H,14,15);2*1,3-8H2,2H3;/q;;;;+2/p-2. The molecule has 0 bridgehead atoms. The molecule has 0 aromatic heterocycles. The molecule has 0 unspecified atom stereocenters. The SMILES string of the molecule is CCCCCCC[CH2][Sn]([CH2]CCCCCCC)([O]C(=O)CCCCCCCCC(C)(C)C)[O]C(=O)CCCCCCCCC(C)(C)C. The zero-order valence-corrected chi connectivity index (χ0v) is 36.2. The fourth-order valence-corrected chi connectivity index (χ4v) is 15.9. The average molecular weight is 772 g/mol. The summed E-state index contributed by atoms with van der Waals surface area (Å²) in [6.45, 7) is 18.4. The fourth-order valence-electron chi connectivity index (χ4n) is 6.48. The summed E-state index contributed by atoms with van der Waals surface area (Å²) in [6.07, 6.45) is 31.8. The predicted octanol–water partition coefficient (Wildman–Crippen LogP) is 14.6. The van der Waals surface area contributed by atoms with Gasteiger partial charge >= 0.3 is 302 Å². The van der Waals surface area contributed by atoms with Crippen molar-refractivity contribution in [1.82, 2.24) is 0 Å². The van der Waals surface area contributed by atoms with E-state index in [-0.39, 0.29) is 11.9 Å². The molecule has 0 saturated heterocycles. The summed E-state index contributed by atoms with van der Waals surface area (Å²) in [4.78, 5) is 26.6. The Labute approximate surface area is 300 Å². The molecule has 0 rings (SSSR count). The van der Waals surface area contributed by atoms with E-state index in [0.717, 1.165) is 60.2 Å². The van der Waals surface area contributed by atoms with E-state index < -0.39 is 19.2 Å². The van der Waals surface area contributed by atoms with Crippen molar-refractivity contribution in [3.63, 3.8) is 0 Å². The molecule has 0 aromatic rings. The molecule has 0 aliphatic rings.